The van der Waals surface area contributed by atoms with E-state index in [9.17, 15) is 45.3 Å². The average Bonchev–Trinajstić information content (AvgIpc) is 3.00. The number of aliphatic hydroxyl groups excluding tert-OH is 3. The smallest absolute Gasteiger partial charge is 0.331 e. The second kappa shape index (κ2) is 12.9. The number of phenols is 4. The Morgan fingerprint density at radius 2 is 1.73 bits per heavy atom. The van der Waals surface area contributed by atoms with Crippen LogP contribution in [-0.2, 0) is 14.3 Å². The summed E-state index contributed by atoms with van der Waals surface area (Å²) in [5.41, 5.74) is 0.456. The number of benzene rings is 3. The maximum Gasteiger partial charge on any atom is 0.331 e. The number of ether oxygens (including phenoxy) is 5. The normalized spacial score (nSPS) is 24.5. The molecule has 14 nitrogen and oxygen atoms in total. The first-order valence-electron chi connectivity index (χ1n) is 13.6. The molecule has 0 aromatic heterocycles. The largest absolute Gasteiger partial charge is 0.508 e. The molecule has 1 unspecified atom stereocenters. The number of methoxy groups -OCH3 is 1. The lowest BCUT2D eigenvalue weighted by atomic mass is 9.94. The highest BCUT2D eigenvalue weighted by molar-refractivity contribution is 6.02. The van der Waals surface area contributed by atoms with E-state index in [4.69, 9.17) is 23.7 Å². The quantitative estimate of drug-likeness (QED) is 0.140. The van der Waals surface area contributed by atoms with Crippen LogP contribution < -0.4 is 14.2 Å². The highest BCUT2D eigenvalue weighted by atomic mass is 16.7. The van der Waals surface area contributed by atoms with Crippen LogP contribution in [0, 0.1) is 0 Å². The van der Waals surface area contributed by atoms with Crippen molar-refractivity contribution in [1.29, 1.82) is 0 Å². The number of aliphatic hydroxyl groups is 3. The van der Waals surface area contributed by atoms with Gasteiger partial charge in [-0.1, -0.05) is 6.07 Å². The fourth-order valence-corrected chi connectivity index (χ4v) is 5.03. The summed E-state index contributed by atoms with van der Waals surface area (Å²) in [6, 6.07) is 10.3. The molecule has 0 amide bonds. The van der Waals surface area contributed by atoms with E-state index in [0.717, 1.165) is 18.2 Å². The van der Waals surface area contributed by atoms with Gasteiger partial charge in [0.1, 0.15) is 58.7 Å². The van der Waals surface area contributed by atoms with Crippen LogP contribution in [0.15, 0.2) is 54.6 Å². The van der Waals surface area contributed by atoms with Crippen molar-refractivity contribution >= 4 is 17.8 Å². The number of carbonyl (C=O) groups excluding carboxylic acids is 2. The number of ketones is 1. The van der Waals surface area contributed by atoms with Gasteiger partial charge in [-0.3, -0.25) is 4.79 Å². The van der Waals surface area contributed by atoms with Gasteiger partial charge < -0.3 is 59.4 Å². The fraction of sp³-hybridized carbons (Fsp3) is 0.290. The predicted molar refractivity (Wildman–Crippen MR) is 152 cm³/mol. The van der Waals surface area contributed by atoms with Crippen LogP contribution in [0.3, 0.4) is 0 Å². The standard InChI is InChI=1S/C31H30O14/c1-41-23-8-14(2-5-18(23)35)3-7-26(38)45-30-29(40)28(39)25(13-32)44-31(30)43-21-6-4-15(33)9-17(21)22-12-20(37)27-19(36)10-16(34)11-24(27)42-22/h2-11,22,25,28-36,39-40H,12-13H2,1H3/b7-3+/t22?,25-,28-,29+,30-,31-/m1/s1. The molecule has 2 heterocycles. The average molecular weight is 627 g/mol. The third-order valence-corrected chi connectivity index (χ3v) is 7.26. The Morgan fingerprint density at radius 1 is 0.956 bits per heavy atom. The molecule has 0 bridgehead atoms. The number of hydrogen-bond donors (Lipinski definition) is 7. The van der Waals surface area contributed by atoms with E-state index < -0.39 is 60.9 Å². The third-order valence-electron chi connectivity index (χ3n) is 7.26. The topological polar surface area (TPSA) is 222 Å². The van der Waals surface area contributed by atoms with Crippen LogP contribution in [-0.4, -0.2) is 91.9 Å². The molecule has 7 N–H and O–H groups in total. The maximum atomic E-state index is 12.9. The minimum absolute atomic E-state index is 0.0449. The first-order valence-corrected chi connectivity index (χ1v) is 13.6. The van der Waals surface area contributed by atoms with Crippen molar-refractivity contribution < 1.29 is 69.0 Å². The number of fused-ring (bicyclic) bond motifs is 1. The zero-order chi connectivity index (χ0) is 32.4. The number of Topliss-reactive ketones (excluding diaryl/α,β-unsaturated/α-hetero) is 1. The number of carbonyl (C=O) groups is 2. The molecular weight excluding hydrogens is 596 g/mol. The monoisotopic (exact) mass is 626 g/mol. The van der Waals surface area contributed by atoms with Crippen molar-refractivity contribution in [2.24, 2.45) is 0 Å². The van der Waals surface area contributed by atoms with Gasteiger partial charge >= 0.3 is 5.97 Å². The first kappa shape index (κ1) is 31.4. The number of esters is 1. The molecular formula is C31H30O14. The van der Waals surface area contributed by atoms with Gasteiger partial charge in [0.2, 0.25) is 6.29 Å². The van der Waals surface area contributed by atoms with Crippen molar-refractivity contribution in [2.75, 3.05) is 13.7 Å². The number of rotatable bonds is 8. The summed E-state index contributed by atoms with van der Waals surface area (Å²) in [7, 11) is 1.36. The molecule has 2 aliphatic heterocycles. The van der Waals surface area contributed by atoms with Crippen LogP contribution in [0.5, 0.6) is 40.2 Å². The van der Waals surface area contributed by atoms with Gasteiger partial charge in [-0.15, -0.1) is 0 Å². The third kappa shape index (κ3) is 6.58. The SMILES string of the molecule is COc1cc(/C=C/C(=O)O[C@H]2[C@H](Oc3ccc(O)cc3C3CC(=O)c4c(O)cc(O)cc4O3)O[C@H](CO)[C@@H](O)[C@@H]2O)ccc1O. The highest BCUT2D eigenvalue weighted by Gasteiger charge is 2.48. The lowest BCUT2D eigenvalue weighted by molar-refractivity contribution is -0.281. The molecule has 0 saturated carbocycles. The van der Waals surface area contributed by atoms with Gasteiger partial charge in [0.25, 0.3) is 0 Å². The van der Waals surface area contributed by atoms with Crippen LogP contribution in [0.2, 0.25) is 0 Å². The van der Waals surface area contributed by atoms with Crippen LogP contribution in [0.4, 0.5) is 0 Å². The summed E-state index contributed by atoms with van der Waals surface area (Å²) >= 11 is 0. The molecule has 6 atom stereocenters. The molecule has 45 heavy (non-hydrogen) atoms. The van der Waals surface area contributed by atoms with Crippen molar-refractivity contribution in [3.63, 3.8) is 0 Å². The van der Waals surface area contributed by atoms with Crippen LogP contribution >= 0.6 is 0 Å². The van der Waals surface area contributed by atoms with E-state index in [-0.39, 0.29) is 52.0 Å². The molecule has 2 aliphatic rings. The Labute approximate surface area is 255 Å². The van der Waals surface area contributed by atoms with Crippen LogP contribution in [0.1, 0.15) is 34.0 Å². The first-order chi connectivity index (χ1) is 21.5. The lowest BCUT2D eigenvalue weighted by Gasteiger charge is -2.41. The molecule has 14 heteroatoms. The van der Waals surface area contributed by atoms with E-state index in [1.54, 1.807) is 0 Å². The van der Waals surface area contributed by atoms with E-state index in [0.29, 0.717) is 5.56 Å². The Kier molecular flexibility index (Phi) is 9.01. The van der Waals surface area contributed by atoms with Crippen LogP contribution in [0.25, 0.3) is 6.08 Å². The predicted octanol–water partition coefficient (Wildman–Crippen LogP) is 1.67. The number of phenolic OH excluding ortho intramolecular Hbond substituents is 4. The van der Waals surface area contributed by atoms with Gasteiger partial charge in [0.15, 0.2) is 23.4 Å². The minimum atomic E-state index is -1.78. The molecule has 1 fully saturated rings. The number of hydrogen-bond acceptors (Lipinski definition) is 14. The fourth-order valence-electron chi connectivity index (χ4n) is 5.03. The second-order valence-corrected chi connectivity index (χ2v) is 10.3. The Hall–Kier alpha value is -5.02. The van der Waals surface area contributed by atoms with E-state index in [1.807, 2.05) is 0 Å². The van der Waals surface area contributed by atoms with Crippen molar-refractivity contribution in [2.45, 2.75) is 43.2 Å². The molecule has 0 spiro atoms. The minimum Gasteiger partial charge on any atom is -0.508 e. The lowest BCUT2D eigenvalue weighted by Crippen LogP contribution is -2.61. The van der Waals surface area contributed by atoms with Crippen molar-refractivity contribution in [3.05, 3.63) is 71.3 Å². The van der Waals surface area contributed by atoms with Gasteiger partial charge in [0.05, 0.1) is 20.1 Å². The molecule has 5 rings (SSSR count). The summed E-state index contributed by atoms with van der Waals surface area (Å²) < 4.78 is 28.0. The van der Waals surface area contributed by atoms with Gasteiger partial charge in [-0.2, -0.15) is 0 Å². The summed E-state index contributed by atoms with van der Waals surface area (Å²) in [6.45, 7) is -0.728. The highest BCUT2D eigenvalue weighted by Crippen LogP contribution is 2.44. The summed E-state index contributed by atoms with van der Waals surface area (Å²) in [6.07, 6.45) is -7.07. The zero-order valence-corrected chi connectivity index (χ0v) is 23.6. The molecule has 0 radical (unpaired) electrons. The Bertz CT molecular complexity index is 1620. The zero-order valence-electron chi connectivity index (χ0n) is 23.6. The van der Waals surface area contributed by atoms with E-state index in [1.165, 1.54) is 49.6 Å². The Morgan fingerprint density at radius 3 is 2.47 bits per heavy atom. The maximum absolute atomic E-state index is 12.9. The van der Waals surface area contributed by atoms with Gasteiger partial charge in [0, 0.05) is 23.8 Å². The second-order valence-electron chi connectivity index (χ2n) is 10.3. The van der Waals surface area contributed by atoms with Crippen molar-refractivity contribution in [3.8, 4) is 40.2 Å². The Balaban J connectivity index is 1.41. The number of aromatic hydroxyl groups is 4. The molecule has 1 saturated heterocycles. The van der Waals surface area contributed by atoms with Gasteiger partial charge in [-0.25, -0.2) is 4.79 Å². The summed E-state index contributed by atoms with van der Waals surface area (Å²) in [5.74, 6) is -2.65. The molecule has 238 valence electrons. The van der Waals surface area contributed by atoms with E-state index in [2.05, 4.69) is 0 Å². The van der Waals surface area contributed by atoms with Gasteiger partial charge in [-0.05, 0) is 42.0 Å². The molecule has 3 aromatic rings. The molecule has 0 aliphatic carbocycles. The molecule has 3 aromatic carbocycles. The summed E-state index contributed by atoms with van der Waals surface area (Å²) in [4.78, 5) is 25.7. The summed E-state index contributed by atoms with van der Waals surface area (Å²) in [5, 5.41) is 71.1. The van der Waals surface area contributed by atoms with E-state index >= 15 is 0 Å². The van der Waals surface area contributed by atoms with Crippen molar-refractivity contribution in [1.82, 2.24) is 0 Å².